The number of benzene rings is 1. The Kier molecular flexibility index (Phi) is 3.71. The highest BCUT2D eigenvalue weighted by molar-refractivity contribution is 6.09. The Balaban J connectivity index is 2.29. The van der Waals surface area contributed by atoms with Crippen molar-refractivity contribution < 1.29 is 9.59 Å². The molecule has 0 atom stereocenters. The van der Waals surface area contributed by atoms with Gasteiger partial charge in [0.15, 0.2) is 0 Å². The van der Waals surface area contributed by atoms with Crippen molar-refractivity contribution in [3.05, 3.63) is 35.4 Å². The first kappa shape index (κ1) is 13.7. The third-order valence-corrected chi connectivity index (χ3v) is 4.02. The maximum atomic E-state index is 12.4. The SMILES string of the molecule is CCC(N)(CC)CN1C(=O)Cc2ccccc2C1=O. The predicted molar refractivity (Wildman–Crippen MR) is 73.7 cm³/mol. The summed E-state index contributed by atoms with van der Waals surface area (Å²) in [6.07, 6.45) is 1.76. The molecule has 2 amide bonds. The average molecular weight is 260 g/mol. The minimum absolute atomic E-state index is 0.152. The summed E-state index contributed by atoms with van der Waals surface area (Å²) in [7, 11) is 0. The van der Waals surface area contributed by atoms with Crippen LogP contribution in [0.4, 0.5) is 0 Å². The van der Waals surface area contributed by atoms with E-state index >= 15 is 0 Å². The number of rotatable bonds is 4. The van der Waals surface area contributed by atoms with Gasteiger partial charge in [-0.1, -0.05) is 32.0 Å². The van der Waals surface area contributed by atoms with Crippen molar-refractivity contribution in [2.45, 2.75) is 38.6 Å². The molecule has 2 rings (SSSR count). The Morgan fingerprint density at radius 3 is 2.47 bits per heavy atom. The summed E-state index contributed by atoms with van der Waals surface area (Å²) in [5.41, 5.74) is 7.17. The fourth-order valence-electron chi connectivity index (χ4n) is 2.35. The summed E-state index contributed by atoms with van der Waals surface area (Å²) in [6.45, 7) is 4.26. The Labute approximate surface area is 113 Å². The molecular formula is C15H20N2O2. The van der Waals surface area contributed by atoms with Crippen molar-refractivity contribution >= 4 is 11.8 Å². The van der Waals surface area contributed by atoms with Crippen LogP contribution in [0.25, 0.3) is 0 Å². The van der Waals surface area contributed by atoms with Gasteiger partial charge in [0.2, 0.25) is 5.91 Å². The Hall–Kier alpha value is -1.68. The number of fused-ring (bicyclic) bond motifs is 1. The number of nitrogens with two attached hydrogens (primary N) is 1. The van der Waals surface area contributed by atoms with Gasteiger partial charge in [0.25, 0.3) is 5.91 Å². The van der Waals surface area contributed by atoms with Crippen LogP contribution >= 0.6 is 0 Å². The normalized spacial score (nSPS) is 15.6. The molecule has 1 heterocycles. The smallest absolute Gasteiger partial charge is 0.260 e. The molecule has 1 aromatic rings. The zero-order chi connectivity index (χ0) is 14.0. The molecule has 1 aliphatic heterocycles. The maximum Gasteiger partial charge on any atom is 0.260 e. The molecule has 102 valence electrons. The monoisotopic (exact) mass is 260 g/mol. The van der Waals surface area contributed by atoms with Crippen LogP contribution in [0.2, 0.25) is 0 Å². The number of carbonyl (C=O) groups excluding carboxylic acids is 2. The zero-order valence-corrected chi connectivity index (χ0v) is 11.5. The zero-order valence-electron chi connectivity index (χ0n) is 11.5. The van der Waals surface area contributed by atoms with Crippen molar-refractivity contribution in [1.29, 1.82) is 0 Å². The number of imide groups is 1. The van der Waals surface area contributed by atoms with Crippen LogP contribution < -0.4 is 5.73 Å². The summed E-state index contributed by atoms with van der Waals surface area (Å²) in [4.78, 5) is 25.8. The van der Waals surface area contributed by atoms with E-state index in [0.29, 0.717) is 12.1 Å². The number of amides is 2. The van der Waals surface area contributed by atoms with E-state index in [9.17, 15) is 9.59 Å². The molecule has 4 nitrogen and oxygen atoms in total. The average Bonchev–Trinajstić information content (AvgIpc) is 2.43. The highest BCUT2D eigenvalue weighted by Gasteiger charge is 2.35. The minimum Gasteiger partial charge on any atom is -0.324 e. The van der Waals surface area contributed by atoms with E-state index in [-0.39, 0.29) is 18.2 Å². The van der Waals surface area contributed by atoms with Crippen molar-refractivity contribution in [2.75, 3.05) is 6.54 Å². The Morgan fingerprint density at radius 1 is 1.21 bits per heavy atom. The van der Waals surface area contributed by atoms with Gasteiger partial charge in [0.05, 0.1) is 6.42 Å². The molecule has 0 saturated carbocycles. The van der Waals surface area contributed by atoms with E-state index in [1.165, 1.54) is 4.90 Å². The number of nitrogens with zero attached hydrogens (tertiary/aromatic N) is 1. The molecule has 0 spiro atoms. The standard InChI is InChI=1S/C15H20N2O2/c1-3-15(16,4-2)10-17-13(18)9-11-7-5-6-8-12(11)14(17)19/h5-8H,3-4,9-10,16H2,1-2H3. The second-order valence-electron chi connectivity index (χ2n) is 5.19. The van der Waals surface area contributed by atoms with Gasteiger partial charge in [0, 0.05) is 17.6 Å². The minimum atomic E-state index is -0.488. The lowest BCUT2D eigenvalue weighted by Gasteiger charge is -2.35. The molecule has 0 unspecified atom stereocenters. The van der Waals surface area contributed by atoms with E-state index in [4.69, 9.17) is 5.73 Å². The van der Waals surface area contributed by atoms with Crippen LogP contribution in [0.3, 0.4) is 0 Å². The molecule has 0 aliphatic carbocycles. The first-order valence-electron chi connectivity index (χ1n) is 6.72. The van der Waals surface area contributed by atoms with E-state index in [0.717, 1.165) is 18.4 Å². The number of hydrogen-bond acceptors (Lipinski definition) is 3. The lowest BCUT2D eigenvalue weighted by Crippen LogP contribution is -2.54. The van der Waals surface area contributed by atoms with Gasteiger partial charge in [-0.15, -0.1) is 0 Å². The highest BCUT2D eigenvalue weighted by atomic mass is 16.2. The summed E-state index contributed by atoms with van der Waals surface area (Å²) in [5, 5.41) is 0. The lowest BCUT2D eigenvalue weighted by atomic mass is 9.91. The van der Waals surface area contributed by atoms with Crippen molar-refractivity contribution in [3.8, 4) is 0 Å². The Morgan fingerprint density at radius 2 is 1.84 bits per heavy atom. The maximum absolute atomic E-state index is 12.4. The fraction of sp³-hybridized carbons (Fsp3) is 0.467. The van der Waals surface area contributed by atoms with Crippen molar-refractivity contribution in [2.24, 2.45) is 5.73 Å². The molecule has 0 bridgehead atoms. The quantitative estimate of drug-likeness (QED) is 0.838. The first-order valence-corrected chi connectivity index (χ1v) is 6.72. The van der Waals surface area contributed by atoms with Crippen LogP contribution in [0, 0.1) is 0 Å². The second-order valence-corrected chi connectivity index (χ2v) is 5.19. The summed E-state index contributed by atoms with van der Waals surface area (Å²) < 4.78 is 0. The van der Waals surface area contributed by atoms with Crippen LogP contribution in [0.1, 0.15) is 42.6 Å². The van der Waals surface area contributed by atoms with Crippen LogP contribution in [0.5, 0.6) is 0 Å². The summed E-state index contributed by atoms with van der Waals surface area (Å²) in [5.74, 6) is -0.371. The van der Waals surface area contributed by atoms with Gasteiger partial charge < -0.3 is 5.73 Å². The molecule has 19 heavy (non-hydrogen) atoms. The van der Waals surface area contributed by atoms with Crippen LogP contribution in [-0.4, -0.2) is 28.8 Å². The lowest BCUT2D eigenvalue weighted by molar-refractivity contribution is -0.129. The van der Waals surface area contributed by atoms with Crippen molar-refractivity contribution in [1.82, 2.24) is 4.90 Å². The van der Waals surface area contributed by atoms with Gasteiger partial charge in [-0.2, -0.15) is 0 Å². The summed E-state index contributed by atoms with van der Waals surface area (Å²) in [6, 6.07) is 7.27. The van der Waals surface area contributed by atoms with Gasteiger partial charge in [0.1, 0.15) is 0 Å². The topological polar surface area (TPSA) is 63.4 Å². The van der Waals surface area contributed by atoms with E-state index < -0.39 is 5.54 Å². The molecular weight excluding hydrogens is 240 g/mol. The molecule has 2 N–H and O–H groups in total. The Bertz CT molecular complexity index is 507. The summed E-state index contributed by atoms with van der Waals surface area (Å²) >= 11 is 0. The molecule has 0 radical (unpaired) electrons. The fourth-order valence-corrected chi connectivity index (χ4v) is 2.35. The van der Waals surface area contributed by atoms with Crippen LogP contribution in [-0.2, 0) is 11.2 Å². The first-order chi connectivity index (χ1) is 9.00. The van der Waals surface area contributed by atoms with E-state index in [1.807, 2.05) is 32.0 Å². The molecule has 0 aromatic heterocycles. The number of carbonyl (C=O) groups is 2. The predicted octanol–water partition coefficient (Wildman–Crippen LogP) is 1.73. The highest BCUT2D eigenvalue weighted by Crippen LogP contribution is 2.22. The second kappa shape index (κ2) is 5.13. The van der Waals surface area contributed by atoms with Crippen LogP contribution in [0.15, 0.2) is 24.3 Å². The molecule has 0 fully saturated rings. The molecule has 1 aliphatic rings. The third kappa shape index (κ3) is 2.54. The van der Waals surface area contributed by atoms with Gasteiger partial charge >= 0.3 is 0 Å². The largest absolute Gasteiger partial charge is 0.324 e. The van der Waals surface area contributed by atoms with Gasteiger partial charge in [-0.3, -0.25) is 14.5 Å². The molecule has 4 heteroatoms. The van der Waals surface area contributed by atoms with Gasteiger partial charge in [-0.05, 0) is 24.5 Å². The number of hydrogen-bond donors (Lipinski definition) is 1. The van der Waals surface area contributed by atoms with E-state index in [2.05, 4.69) is 0 Å². The molecule has 1 aromatic carbocycles. The molecule has 0 saturated heterocycles. The third-order valence-electron chi connectivity index (χ3n) is 4.02. The van der Waals surface area contributed by atoms with Gasteiger partial charge in [-0.25, -0.2) is 0 Å². The van der Waals surface area contributed by atoms with E-state index in [1.54, 1.807) is 6.07 Å². The van der Waals surface area contributed by atoms with Crippen molar-refractivity contribution in [3.63, 3.8) is 0 Å².